The molecule has 0 aromatic heterocycles. The summed E-state index contributed by atoms with van der Waals surface area (Å²) in [5.41, 5.74) is 2.13. The Morgan fingerprint density at radius 2 is 1.22 bits per heavy atom. The lowest BCUT2D eigenvalue weighted by atomic mass is 9.94. The van der Waals surface area contributed by atoms with Crippen LogP contribution >= 0.6 is 0 Å². The van der Waals surface area contributed by atoms with Gasteiger partial charge in [-0.25, -0.2) is 9.59 Å². The number of carbonyl (C=O) groups excluding carboxylic acids is 7. The molecule has 1 aliphatic heterocycles. The lowest BCUT2D eigenvalue weighted by molar-refractivity contribution is -0.146. The van der Waals surface area contributed by atoms with Crippen molar-refractivity contribution in [2.75, 3.05) is 14.2 Å². The monoisotopic (exact) mass is 1050 g/mol. The summed E-state index contributed by atoms with van der Waals surface area (Å²) >= 11 is 0. The van der Waals surface area contributed by atoms with Gasteiger partial charge < -0.3 is 62.0 Å². The molecule has 408 valence electrons. The van der Waals surface area contributed by atoms with Crippen LogP contribution < -0.4 is 31.9 Å². The number of likely N-dealkylation sites (N-methyl/N-ethyl adjacent to an activating group) is 1. The average Bonchev–Trinajstić information content (AvgIpc) is 3.38. The Hall–Kier alpha value is -8.33. The molecule has 1 heterocycles. The van der Waals surface area contributed by atoms with E-state index < -0.39 is 120 Å². The van der Waals surface area contributed by atoms with Crippen LogP contribution in [0, 0.1) is 17.8 Å². The Balaban J connectivity index is 1.80. The van der Waals surface area contributed by atoms with E-state index in [-0.39, 0.29) is 36.4 Å². The number of carboxylic acid groups (broad SMARTS) is 2. The first-order valence-corrected chi connectivity index (χ1v) is 24.6. The minimum Gasteiger partial charge on any atom is -0.508 e. The summed E-state index contributed by atoms with van der Waals surface area (Å²) in [5.74, 6) is -12.9. The lowest BCUT2D eigenvalue weighted by Crippen LogP contribution is -2.59. The molecule has 1 aliphatic rings. The van der Waals surface area contributed by atoms with Crippen LogP contribution in [0.5, 0.6) is 11.5 Å². The fourth-order valence-electron chi connectivity index (χ4n) is 8.14. The number of carbonyl (C=O) groups is 9. The number of hydrogen-bond donors (Lipinski definition) is 10. The van der Waals surface area contributed by atoms with Gasteiger partial charge in [-0.15, -0.1) is 0 Å². The number of nitrogens with one attached hydrogen (secondary N) is 6. The molecule has 76 heavy (non-hydrogen) atoms. The van der Waals surface area contributed by atoms with Crippen LogP contribution in [0.15, 0.2) is 115 Å². The van der Waals surface area contributed by atoms with Crippen molar-refractivity contribution in [3.63, 3.8) is 0 Å². The topological polar surface area (TPSA) is 319 Å². The third-order valence-electron chi connectivity index (χ3n) is 13.1. The number of aromatic hydroxyl groups is 2. The number of amides is 7. The maximum atomic E-state index is 14.6. The summed E-state index contributed by atoms with van der Waals surface area (Å²) in [6.45, 7) is 11.3. The van der Waals surface area contributed by atoms with Crippen molar-refractivity contribution in [2.24, 2.45) is 17.8 Å². The molecule has 4 rings (SSSR count). The molecule has 10 atom stereocenters. The van der Waals surface area contributed by atoms with Crippen LogP contribution in [0.4, 0.5) is 0 Å². The second kappa shape index (κ2) is 28.4. The molecule has 1 saturated heterocycles. The Labute approximate surface area is 441 Å². The van der Waals surface area contributed by atoms with Gasteiger partial charge in [-0.05, 0) is 67.6 Å². The Morgan fingerprint density at radius 1 is 0.697 bits per heavy atom. The molecule has 0 spiro atoms. The molecule has 3 aromatic rings. The summed E-state index contributed by atoms with van der Waals surface area (Å²) in [6.07, 6.45) is 3.98. The summed E-state index contributed by atoms with van der Waals surface area (Å²) < 4.78 is 5.83. The summed E-state index contributed by atoms with van der Waals surface area (Å²) in [5, 5.41) is 55.6. The van der Waals surface area contributed by atoms with Crippen LogP contribution in [-0.2, 0) is 67.2 Å². The van der Waals surface area contributed by atoms with Crippen molar-refractivity contribution in [1.29, 1.82) is 0 Å². The van der Waals surface area contributed by atoms with Gasteiger partial charge in [0.25, 0.3) is 5.91 Å². The summed E-state index contributed by atoms with van der Waals surface area (Å²) in [6, 6.07) is 11.6. The molecule has 21 nitrogen and oxygen atoms in total. The smallest absolute Gasteiger partial charge is 0.327 e. The zero-order chi connectivity index (χ0) is 56.4. The number of rotatable bonds is 13. The van der Waals surface area contributed by atoms with Gasteiger partial charge in [0.1, 0.15) is 47.4 Å². The highest BCUT2D eigenvalue weighted by atomic mass is 16.5. The number of allylic oxidation sites excluding steroid dienone is 2. The zero-order valence-electron chi connectivity index (χ0n) is 43.6. The van der Waals surface area contributed by atoms with Crippen LogP contribution in [0.3, 0.4) is 0 Å². The van der Waals surface area contributed by atoms with Gasteiger partial charge in [0, 0.05) is 39.3 Å². The summed E-state index contributed by atoms with van der Waals surface area (Å²) in [7, 11) is 2.80. The number of hydrogen-bond acceptors (Lipinski definition) is 12. The Kier molecular flexibility index (Phi) is 22.5. The van der Waals surface area contributed by atoms with Crippen molar-refractivity contribution in [3.05, 3.63) is 132 Å². The molecular weight excluding hydrogens is 983 g/mol. The highest BCUT2D eigenvalue weighted by molar-refractivity contribution is 6.00. The van der Waals surface area contributed by atoms with Crippen molar-refractivity contribution in [3.8, 4) is 11.5 Å². The van der Waals surface area contributed by atoms with Gasteiger partial charge in [0.2, 0.25) is 35.4 Å². The number of aliphatic carboxylic acids is 2. The average molecular weight is 1050 g/mol. The van der Waals surface area contributed by atoms with E-state index in [9.17, 15) is 63.6 Å². The maximum Gasteiger partial charge on any atom is 0.327 e. The fourth-order valence-corrected chi connectivity index (χ4v) is 8.14. The first-order valence-electron chi connectivity index (χ1n) is 24.6. The highest BCUT2D eigenvalue weighted by Crippen LogP contribution is 2.20. The Morgan fingerprint density at radius 3 is 1.75 bits per heavy atom. The van der Waals surface area contributed by atoms with Crippen LogP contribution in [0.1, 0.15) is 64.2 Å². The van der Waals surface area contributed by atoms with E-state index in [0.717, 1.165) is 10.5 Å². The second-order valence-corrected chi connectivity index (χ2v) is 18.9. The first kappa shape index (κ1) is 60.2. The number of ether oxygens (including phenoxy) is 1. The molecule has 0 saturated carbocycles. The van der Waals surface area contributed by atoms with E-state index in [1.165, 1.54) is 82.4 Å². The molecule has 21 heteroatoms. The van der Waals surface area contributed by atoms with Gasteiger partial charge >= 0.3 is 11.9 Å². The van der Waals surface area contributed by atoms with Crippen molar-refractivity contribution in [1.82, 2.24) is 36.8 Å². The zero-order valence-corrected chi connectivity index (χ0v) is 43.6. The predicted octanol–water partition coefficient (Wildman–Crippen LogP) is 2.42. The number of benzene rings is 3. The molecule has 0 bridgehead atoms. The maximum absolute atomic E-state index is 14.6. The number of phenols is 2. The number of phenolic OH excluding ortho intramolecular Hbond substituents is 2. The highest BCUT2D eigenvalue weighted by Gasteiger charge is 2.37. The minimum absolute atomic E-state index is 0.101. The van der Waals surface area contributed by atoms with Crippen LogP contribution in [0.2, 0.25) is 0 Å². The Bertz CT molecular complexity index is 2640. The summed E-state index contributed by atoms with van der Waals surface area (Å²) in [4.78, 5) is 124. The van der Waals surface area contributed by atoms with E-state index in [2.05, 4.69) is 38.5 Å². The van der Waals surface area contributed by atoms with Gasteiger partial charge in [0.05, 0.1) is 24.0 Å². The van der Waals surface area contributed by atoms with E-state index in [4.69, 9.17) is 4.74 Å². The number of nitrogens with zero attached hydrogens (tertiary/aromatic N) is 1. The van der Waals surface area contributed by atoms with Gasteiger partial charge in [-0.2, -0.15) is 0 Å². The number of carboxylic acids is 2. The van der Waals surface area contributed by atoms with Crippen molar-refractivity contribution < 1.29 is 68.3 Å². The van der Waals surface area contributed by atoms with Crippen LogP contribution in [-0.4, -0.2) is 135 Å². The third-order valence-corrected chi connectivity index (χ3v) is 13.1. The van der Waals surface area contributed by atoms with Crippen LogP contribution in [0.25, 0.3) is 0 Å². The van der Waals surface area contributed by atoms with Crippen molar-refractivity contribution in [2.45, 2.75) is 109 Å². The quantitative estimate of drug-likeness (QED) is 0.0869. The lowest BCUT2D eigenvalue weighted by Gasteiger charge is -2.28. The molecule has 0 radical (unpaired) electrons. The van der Waals surface area contributed by atoms with Gasteiger partial charge in [-0.3, -0.25) is 33.6 Å². The SMILES string of the molecule is C=C1C(=O)NC(C)C(=O)NC(Cc2ccc(O)cc2)C(=O)NC(C(=O)O)C(C)C(=O)NC(Cc2ccc(O)cc2)C(=O)NC(C=CC(C)=CC(C)C(Cc2ccccc2)OC)C(C)C(=O)NC(C(=O)O)CCC(=O)N1C. The minimum atomic E-state index is -1.98. The molecule has 1 fully saturated rings. The van der Waals surface area contributed by atoms with E-state index in [1.807, 2.05) is 43.3 Å². The standard InChI is InChI=1S/C55H69N7O14/c1-30(26-31(2)45(76-8)29-36-12-10-9-11-13-36)14-23-41-32(3)48(66)58-42(54(72)73)24-25-46(65)62(7)35(6)51(69)56-34(5)50(68)60-44(28-38-17-21-40(64)22-18-38)53(71)61-47(55(74)75)33(4)49(67)59-43(52(70)57-41)27-37-15-19-39(63)20-16-37/h9-23,26,31-34,41-45,47,63-64H,6,24-25,27-29H2,1-5,7-8H3,(H,56,69)(H,57,70)(H,58,66)(H,59,67)(H,60,68)(H,61,71)(H,72,73)(H,74,75). The van der Waals surface area contributed by atoms with Crippen molar-refractivity contribution >= 4 is 53.3 Å². The third kappa shape index (κ3) is 18.0. The van der Waals surface area contributed by atoms with E-state index in [0.29, 0.717) is 23.1 Å². The number of methoxy groups -OCH3 is 1. The van der Waals surface area contributed by atoms with E-state index >= 15 is 0 Å². The van der Waals surface area contributed by atoms with Gasteiger partial charge in [-0.1, -0.05) is 106 Å². The molecular formula is C55H69N7O14. The second-order valence-electron chi connectivity index (χ2n) is 18.9. The first-order chi connectivity index (χ1) is 35.9. The fraction of sp³-hybridized carbons (Fsp3) is 0.400. The molecule has 3 aromatic carbocycles. The normalized spacial score (nSPS) is 24.4. The van der Waals surface area contributed by atoms with Gasteiger partial charge in [0.15, 0.2) is 0 Å². The molecule has 7 amide bonds. The molecule has 10 unspecified atom stereocenters. The van der Waals surface area contributed by atoms with E-state index in [1.54, 1.807) is 20.1 Å². The predicted molar refractivity (Wildman–Crippen MR) is 279 cm³/mol. The molecule has 0 aliphatic carbocycles. The molecule has 10 N–H and O–H groups in total. The largest absolute Gasteiger partial charge is 0.508 e.